The smallest absolute Gasteiger partial charge is 0.331 e. The summed E-state index contributed by atoms with van der Waals surface area (Å²) in [6.45, 7) is 5.46. The van der Waals surface area contributed by atoms with Crippen molar-refractivity contribution in [3.63, 3.8) is 0 Å². The summed E-state index contributed by atoms with van der Waals surface area (Å²) >= 11 is 0. The second-order valence-corrected chi connectivity index (χ2v) is 4.73. The Morgan fingerprint density at radius 3 is 2.16 bits per heavy atom. The van der Waals surface area contributed by atoms with Crippen LogP contribution in [0.1, 0.15) is 40.0 Å². The summed E-state index contributed by atoms with van der Waals surface area (Å²) in [5.41, 5.74) is -0.949. The predicted octanol–water partition coefficient (Wildman–Crippen LogP) is 2.22. The summed E-state index contributed by atoms with van der Waals surface area (Å²) in [7, 11) is 0. The minimum atomic E-state index is -1.08. The Hall–Kier alpha value is -1.62. The van der Waals surface area contributed by atoms with Crippen molar-refractivity contribution in [2.75, 3.05) is 0 Å². The molecular weight excluding hydrogens is 248 g/mol. The molecule has 0 spiro atoms. The van der Waals surface area contributed by atoms with Gasteiger partial charge < -0.3 is 15.3 Å². The number of carboxylic acid groups (broad SMARTS) is 2. The van der Waals surface area contributed by atoms with E-state index in [1.54, 1.807) is 0 Å². The second-order valence-electron chi connectivity index (χ2n) is 4.73. The van der Waals surface area contributed by atoms with Gasteiger partial charge in [0.1, 0.15) is 0 Å². The van der Waals surface area contributed by atoms with Gasteiger partial charge in [0.25, 0.3) is 0 Å². The molecule has 1 aliphatic rings. The van der Waals surface area contributed by atoms with Crippen molar-refractivity contribution in [1.29, 1.82) is 0 Å². The Bertz CT molecular complexity index is 379. The average Bonchev–Trinajstić information content (AvgIpc) is 2.38. The highest BCUT2D eigenvalue weighted by molar-refractivity contribution is 5.90. The molecule has 0 radical (unpaired) electrons. The largest absolute Gasteiger partial charge is 0.481 e. The molecule has 0 fully saturated rings. The first-order chi connectivity index (χ1) is 8.76. The third-order valence-corrected chi connectivity index (χ3v) is 3.02. The zero-order chi connectivity index (χ0) is 15.1. The molecule has 0 aromatic rings. The first kappa shape index (κ1) is 17.4. The average molecular weight is 270 g/mol. The summed E-state index contributed by atoms with van der Waals surface area (Å²) in [5.74, 6) is -2.06. The number of aliphatic hydroxyl groups is 1. The Kier molecular flexibility index (Phi) is 7.08. The standard InChI is InChI=1S/C9H10O4.C5H12O/c1-9(8(12)13)4-2-3-6(5-9)7(10)11;1-3-5(6)4-2/h2-4H,5H2,1H3,(H,10,11)(H,12,13);5-6H,3-4H2,1-2H3. The van der Waals surface area contributed by atoms with Gasteiger partial charge >= 0.3 is 11.9 Å². The minimum Gasteiger partial charge on any atom is -0.481 e. The second kappa shape index (κ2) is 7.74. The van der Waals surface area contributed by atoms with Gasteiger partial charge in [-0.15, -0.1) is 0 Å². The summed E-state index contributed by atoms with van der Waals surface area (Å²) in [4.78, 5) is 21.3. The Labute approximate surface area is 113 Å². The van der Waals surface area contributed by atoms with Gasteiger partial charge in [-0.2, -0.15) is 0 Å². The van der Waals surface area contributed by atoms with E-state index >= 15 is 0 Å². The van der Waals surface area contributed by atoms with Crippen LogP contribution in [0.15, 0.2) is 23.8 Å². The Morgan fingerprint density at radius 2 is 1.84 bits per heavy atom. The molecule has 1 aliphatic carbocycles. The highest BCUT2D eigenvalue weighted by Crippen LogP contribution is 2.31. The fourth-order valence-electron chi connectivity index (χ4n) is 1.47. The lowest BCUT2D eigenvalue weighted by Gasteiger charge is -2.23. The molecule has 3 N–H and O–H groups in total. The highest BCUT2D eigenvalue weighted by Gasteiger charge is 2.34. The van der Waals surface area contributed by atoms with Crippen molar-refractivity contribution in [2.45, 2.75) is 46.1 Å². The van der Waals surface area contributed by atoms with E-state index in [0.29, 0.717) is 0 Å². The van der Waals surface area contributed by atoms with Crippen molar-refractivity contribution in [3.05, 3.63) is 23.8 Å². The molecule has 1 unspecified atom stereocenters. The minimum absolute atomic E-state index is 0.0359. The molecule has 0 aromatic heterocycles. The van der Waals surface area contributed by atoms with Crippen LogP contribution >= 0.6 is 0 Å². The van der Waals surface area contributed by atoms with Crippen molar-refractivity contribution >= 4 is 11.9 Å². The molecule has 1 atom stereocenters. The van der Waals surface area contributed by atoms with E-state index in [1.807, 2.05) is 13.8 Å². The van der Waals surface area contributed by atoms with Gasteiger partial charge in [-0.3, -0.25) is 4.79 Å². The van der Waals surface area contributed by atoms with E-state index in [4.69, 9.17) is 15.3 Å². The van der Waals surface area contributed by atoms with Crippen molar-refractivity contribution in [2.24, 2.45) is 5.41 Å². The quantitative estimate of drug-likeness (QED) is 0.728. The van der Waals surface area contributed by atoms with Crippen LogP contribution in [0.4, 0.5) is 0 Å². The van der Waals surface area contributed by atoms with Crippen LogP contribution in [-0.2, 0) is 9.59 Å². The first-order valence-corrected chi connectivity index (χ1v) is 6.30. The molecule has 0 saturated carbocycles. The molecular formula is C14H22O5. The van der Waals surface area contributed by atoms with Gasteiger partial charge in [0.05, 0.1) is 11.5 Å². The van der Waals surface area contributed by atoms with Crippen LogP contribution in [0.3, 0.4) is 0 Å². The number of carbonyl (C=O) groups is 2. The van der Waals surface area contributed by atoms with Crippen molar-refractivity contribution in [1.82, 2.24) is 0 Å². The lowest BCUT2D eigenvalue weighted by molar-refractivity contribution is -0.145. The maximum absolute atomic E-state index is 10.8. The fraction of sp³-hybridized carbons (Fsp3) is 0.571. The van der Waals surface area contributed by atoms with Crippen LogP contribution in [0.5, 0.6) is 0 Å². The van der Waals surface area contributed by atoms with E-state index in [1.165, 1.54) is 25.2 Å². The number of rotatable bonds is 4. The highest BCUT2D eigenvalue weighted by atomic mass is 16.4. The number of hydrogen-bond acceptors (Lipinski definition) is 3. The van der Waals surface area contributed by atoms with Crippen molar-refractivity contribution in [3.8, 4) is 0 Å². The molecule has 0 heterocycles. The molecule has 0 bridgehead atoms. The summed E-state index contributed by atoms with van der Waals surface area (Å²) in [6, 6.07) is 0. The maximum atomic E-state index is 10.8. The zero-order valence-corrected chi connectivity index (χ0v) is 11.6. The van der Waals surface area contributed by atoms with E-state index in [-0.39, 0.29) is 18.1 Å². The Balaban J connectivity index is 0.000000459. The number of aliphatic carboxylic acids is 2. The van der Waals surface area contributed by atoms with E-state index in [9.17, 15) is 9.59 Å². The van der Waals surface area contributed by atoms with Gasteiger partial charge in [-0.25, -0.2) is 4.79 Å². The predicted molar refractivity (Wildman–Crippen MR) is 71.8 cm³/mol. The number of aliphatic hydroxyl groups excluding tert-OH is 1. The van der Waals surface area contributed by atoms with Gasteiger partial charge in [0.2, 0.25) is 0 Å². The molecule has 108 valence electrons. The van der Waals surface area contributed by atoms with Crippen LogP contribution < -0.4 is 0 Å². The molecule has 0 aliphatic heterocycles. The number of hydrogen-bond donors (Lipinski definition) is 3. The maximum Gasteiger partial charge on any atom is 0.331 e. The molecule has 0 aromatic carbocycles. The van der Waals surface area contributed by atoms with Gasteiger partial charge in [0.15, 0.2) is 0 Å². The molecule has 1 rings (SSSR count). The zero-order valence-electron chi connectivity index (χ0n) is 11.6. The monoisotopic (exact) mass is 270 g/mol. The first-order valence-electron chi connectivity index (χ1n) is 6.30. The lowest BCUT2D eigenvalue weighted by Crippen LogP contribution is -2.28. The van der Waals surface area contributed by atoms with E-state index in [0.717, 1.165) is 12.8 Å². The molecule has 5 heteroatoms. The Morgan fingerprint density at radius 1 is 1.32 bits per heavy atom. The van der Waals surface area contributed by atoms with Crippen LogP contribution in [-0.4, -0.2) is 33.4 Å². The summed E-state index contributed by atoms with van der Waals surface area (Å²) in [5, 5.41) is 26.1. The fourth-order valence-corrected chi connectivity index (χ4v) is 1.47. The third-order valence-electron chi connectivity index (χ3n) is 3.02. The third kappa shape index (κ3) is 5.70. The van der Waals surface area contributed by atoms with E-state index in [2.05, 4.69) is 0 Å². The lowest BCUT2D eigenvalue weighted by atomic mass is 9.80. The van der Waals surface area contributed by atoms with Crippen LogP contribution in [0, 0.1) is 5.41 Å². The van der Waals surface area contributed by atoms with E-state index < -0.39 is 17.4 Å². The molecule has 0 amide bonds. The molecule has 0 saturated heterocycles. The summed E-state index contributed by atoms with van der Waals surface area (Å²) in [6.07, 6.45) is 6.14. The van der Waals surface area contributed by atoms with Crippen LogP contribution in [0.25, 0.3) is 0 Å². The molecule has 19 heavy (non-hydrogen) atoms. The molecule has 5 nitrogen and oxygen atoms in total. The topological polar surface area (TPSA) is 94.8 Å². The summed E-state index contributed by atoms with van der Waals surface area (Å²) < 4.78 is 0. The van der Waals surface area contributed by atoms with Crippen LogP contribution in [0.2, 0.25) is 0 Å². The van der Waals surface area contributed by atoms with Gasteiger partial charge in [-0.1, -0.05) is 32.1 Å². The number of carboxylic acids is 2. The van der Waals surface area contributed by atoms with Crippen molar-refractivity contribution < 1.29 is 24.9 Å². The van der Waals surface area contributed by atoms with Gasteiger partial charge in [-0.05, 0) is 26.2 Å². The SMILES string of the molecule is CC1(C(=O)O)C=CC=C(C(=O)O)C1.CCC(O)CC. The number of allylic oxidation sites excluding steroid dienone is 2. The van der Waals surface area contributed by atoms with Gasteiger partial charge in [0, 0.05) is 5.57 Å². The normalized spacial score (nSPS) is 21.4.